The summed E-state index contributed by atoms with van der Waals surface area (Å²) in [5.41, 5.74) is 0. The number of morpholine rings is 1. The smallest absolute Gasteiger partial charge is 0.407 e. The van der Waals surface area contributed by atoms with Crippen molar-refractivity contribution in [3.05, 3.63) is 0 Å². The molecular formula is C7H11NO4. The summed E-state index contributed by atoms with van der Waals surface area (Å²) < 4.78 is 5.21. The first-order valence-electron chi connectivity index (χ1n) is 3.97. The van der Waals surface area contributed by atoms with Gasteiger partial charge in [-0.15, -0.1) is 0 Å². The predicted molar refractivity (Wildman–Crippen MR) is 38.9 cm³/mol. The maximum absolute atomic E-state index is 10.6. The molecule has 12 heavy (non-hydrogen) atoms. The van der Waals surface area contributed by atoms with Crippen molar-refractivity contribution < 1.29 is 19.7 Å². The predicted octanol–water partition coefficient (Wildman–Crippen LogP) is -0.502. The highest BCUT2D eigenvalue weighted by Crippen LogP contribution is 2.34. The summed E-state index contributed by atoms with van der Waals surface area (Å²) in [5, 5.41) is 17.6. The molecule has 0 radical (unpaired) electrons. The topological polar surface area (TPSA) is 70.0 Å². The van der Waals surface area contributed by atoms with Gasteiger partial charge in [0, 0.05) is 0 Å². The lowest BCUT2D eigenvalue weighted by atomic mass is 9.87. The van der Waals surface area contributed by atoms with Gasteiger partial charge in [-0.25, -0.2) is 4.79 Å². The van der Waals surface area contributed by atoms with Crippen LogP contribution >= 0.6 is 0 Å². The van der Waals surface area contributed by atoms with E-state index in [9.17, 15) is 4.79 Å². The van der Waals surface area contributed by atoms with E-state index in [4.69, 9.17) is 14.9 Å². The number of carbonyl (C=O) groups is 1. The minimum Gasteiger partial charge on any atom is -0.465 e. The van der Waals surface area contributed by atoms with Crippen LogP contribution in [0.15, 0.2) is 0 Å². The molecule has 0 spiro atoms. The van der Waals surface area contributed by atoms with Crippen LogP contribution in [-0.2, 0) is 4.74 Å². The summed E-state index contributed by atoms with van der Waals surface area (Å²) >= 11 is 0. The lowest BCUT2D eigenvalue weighted by Crippen LogP contribution is -2.69. The second-order valence-electron chi connectivity index (χ2n) is 3.20. The Morgan fingerprint density at radius 1 is 1.67 bits per heavy atom. The van der Waals surface area contributed by atoms with Crippen LogP contribution in [0.25, 0.3) is 0 Å². The zero-order chi connectivity index (χ0) is 8.72. The molecule has 68 valence electrons. The quantitative estimate of drug-likeness (QED) is 0.560. The lowest BCUT2D eigenvalue weighted by Gasteiger charge is -2.53. The maximum Gasteiger partial charge on any atom is 0.407 e. The summed E-state index contributed by atoms with van der Waals surface area (Å²) in [7, 11) is 0. The summed E-state index contributed by atoms with van der Waals surface area (Å²) in [6.45, 7) is 0.329. The van der Waals surface area contributed by atoms with Gasteiger partial charge in [-0.1, -0.05) is 0 Å². The van der Waals surface area contributed by atoms with Crippen molar-refractivity contribution in [3.63, 3.8) is 0 Å². The molecule has 0 aromatic heterocycles. The molecule has 3 aliphatic heterocycles. The van der Waals surface area contributed by atoms with E-state index in [1.54, 1.807) is 0 Å². The van der Waals surface area contributed by atoms with Gasteiger partial charge in [-0.05, 0) is 6.42 Å². The van der Waals surface area contributed by atoms with E-state index < -0.39 is 6.09 Å². The highest BCUT2D eigenvalue weighted by Gasteiger charge is 2.50. The molecule has 5 nitrogen and oxygen atoms in total. The molecular weight excluding hydrogens is 162 g/mol. The fourth-order valence-electron chi connectivity index (χ4n) is 1.94. The molecule has 3 saturated heterocycles. The third kappa shape index (κ3) is 0.899. The van der Waals surface area contributed by atoms with E-state index in [1.165, 1.54) is 4.90 Å². The molecule has 3 atom stereocenters. The van der Waals surface area contributed by atoms with Crippen LogP contribution in [0, 0.1) is 0 Å². The summed E-state index contributed by atoms with van der Waals surface area (Å²) in [5.74, 6) is 0. The van der Waals surface area contributed by atoms with Crippen LogP contribution in [0.1, 0.15) is 6.42 Å². The average molecular weight is 173 g/mol. The number of fused-ring (bicyclic) bond motifs is 2. The number of ether oxygens (including phenoxy) is 1. The van der Waals surface area contributed by atoms with E-state index >= 15 is 0 Å². The molecule has 5 heteroatoms. The van der Waals surface area contributed by atoms with Crippen molar-refractivity contribution in [2.24, 2.45) is 0 Å². The van der Waals surface area contributed by atoms with Gasteiger partial charge in [0.05, 0.1) is 25.3 Å². The van der Waals surface area contributed by atoms with Crippen molar-refractivity contribution in [3.8, 4) is 0 Å². The van der Waals surface area contributed by atoms with E-state index in [0.717, 1.165) is 6.42 Å². The van der Waals surface area contributed by atoms with Crippen LogP contribution in [0.3, 0.4) is 0 Å². The second-order valence-corrected chi connectivity index (χ2v) is 3.20. The Hall–Kier alpha value is -0.810. The van der Waals surface area contributed by atoms with Crippen LogP contribution < -0.4 is 0 Å². The van der Waals surface area contributed by atoms with E-state index in [0.29, 0.717) is 6.61 Å². The van der Waals surface area contributed by atoms with Crippen molar-refractivity contribution in [1.29, 1.82) is 0 Å². The van der Waals surface area contributed by atoms with Crippen LogP contribution in [0.4, 0.5) is 4.79 Å². The second kappa shape index (κ2) is 2.60. The Morgan fingerprint density at radius 3 is 2.92 bits per heavy atom. The first kappa shape index (κ1) is 7.82. The number of aliphatic hydroxyl groups excluding tert-OH is 1. The van der Waals surface area contributed by atoms with Crippen molar-refractivity contribution >= 4 is 6.09 Å². The number of hydrogen-bond acceptors (Lipinski definition) is 3. The van der Waals surface area contributed by atoms with Gasteiger partial charge in [0.2, 0.25) is 0 Å². The van der Waals surface area contributed by atoms with E-state index in [-0.39, 0.29) is 24.8 Å². The summed E-state index contributed by atoms with van der Waals surface area (Å²) in [4.78, 5) is 12.0. The molecule has 3 heterocycles. The van der Waals surface area contributed by atoms with Crippen molar-refractivity contribution in [2.75, 3.05) is 13.2 Å². The van der Waals surface area contributed by atoms with Crippen LogP contribution in [0.2, 0.25) is 0 Å². The zero-order valence-electron chi connectivity index (χ0n) is 6.51. The Bertz CT molecular complexity index is 206. The highest BCUT2D eigenvalue weighted by atomic mass is 16.5. The minimum atomic E-state index is -0.905. The van der Waals surface area contributed by atoms with Gasteiger partial charge >= 0.3 is 6.09 Å². The lowest BCUT2D eigenvalue weighted by molar-refractivity contribution is -0.168. The Balaban J connectivity index is 2.06. The van der Waals surface area contributed by atoms with Gasteiger partial charge in [0.25, 0.3) is 0 Å². The van der Waals surface area contributed by atoms with Gasteiger partial charge in [0.1, 0.15) is 6.10 Å². The fraction of sp³-hybridized carbons (Fsp3) is 0.857. The minimum absolute atomic E-state index is 0.0234. The molecule has 2 N–H and O–H groups in total. The Kier molecular flexibility index (Phi) is 1.69. The number of rotatable bonds is 1. The molecule has 0 aliphatic carbocycles. The van der Waals surface area contributed by atoms with Gasteiger partial charge in [0.15, 0.2) is 0 Å². The van der Waals surface area contributed by atoms with E-state index in [1.807, 2.05) is 0 Å². The third-order valence-corrected chi connectivity index (χ3v) is 2.60. The molecule has 3 rings (SSSR count). The van der Waals surface area contributed by atoms with Crippen molar-refractivity contribution in [1.82, 2.24) is 4.90 Å². The first-order valence-corrected chi connectivity index (χ1v) is 3.97. The molecule has 0 unspecified atom stereocenters. The average Bonchev–Trinajstić information content (AvgIpc) is 2.03. The highest BCUT2D eigenvalue weighted by molar-refractivity contribution is 5.67. The number of carboxylic acid groups (broad SMARTS) is 1. The number of aliphatic hydroxyl groups is 1. The summed E-state index contributed by atoms with van der Waals surface area (Å²) in [6, 6.07) is -0.0958. The van der Waals surface area contributed by atoms with Gasteiger partial charge < -0.3 is 14.9 Å². The monoisotopic (exact) mass is 173 g/mol. The van der Waals surface area contributed by atoms with E-state index in [2.05, 4.69) is 0 Å². The molecule has 0 aromatic rings. The first-order chi connectivity index (χ1) is 5.74. The summed E-state index contributed by atoms with van der Waals surface area (Å²) in [6.07, 6.45) is -0.388. The molecule has 0 saturated carbocycles. The van der Waals surface area contributed by atoms with Crippen LogP contribution in [0.5, 0.6) is 0 Å². The van der Waals surface area contributed by atoms with Gasteiger partial charge in [-0.3, -0.25) is 4.90 Å². The normalized spacial score (nSPS) is 39.1. The number of nitrogens with zero attached hydrogens (tertiary/aromatic N) is 1. The number of amides is 1. The molecule has 0 aromatic carbocycles. The maximum atomic E-state index is 10.6. The van der Waals surface area contributed by atoms with Gasteiger partial charge in [-0.2, -0.15) is 0 Å². The number of hydrogen-bond donors (Lipinski definition) is 2. The Morgan fingerprint density at radius 2 is 2.42 bits per heavy atom. The van der Waals surface area contributed by atoms with Crippen LogP contribution in [-0.4, -0.2) is 52.6 Å². The SMILES string of the molecule is O=C(O)N1[C@@H]2CO[C@H](CO)[C@H]1C2. The standard InChI is InChI=1S/C7H11NO4/c9-2-6-5-1-4(3-12-6)8(5)7(10)11/h4-6,9H,1-3H2,(H,10,11)/t4-,5+,6+/m0/s1. The Labute approximate surface area is 69.5 Å². The zero-order valence-corrected chi connectivity index (χ0v) is 6.51. The molecule has 3 aliphatic rings. The largest absolute Gasteiger partial charge is 0.465 e. The molecule has 3 fully saturated rings. The molecule has 2 bridgehead atoms. The molecule has 1 amide bonds. The van der Waals surface area contributed by atoms with Crippen molar-refractivity contribution in [2.45, 2.75) is 24.6 Å². The fourth-order valence-corrected chi connectivity index (χ4v) is 1.94. The third-order valence-electron chi connectivity index (χ3n) is 2.60.